The smallest absolute Gasteiger partial charge is 0.367 e. The van der Waals surface area contributed by atoms with Crippen LogP contribution in [0, 0.1) is 23.3 Å². The van der Waals surface area contributed by atoms with Gasteiger partial charge in [0, 0.05) is 76.2 Å². The number of allylic oxidation sites excluding steroid dienone is 2. The van der Waals surface area contributed by atoms with Crippen LogP contribution < -0.4 is 9.47 Å². The van der Waals surface area contributed by atoms with E-state index in [4.69, 9.17) is 28.4 Å². The summed E-state index contributed by atoms with van der Waals surface area (Å²) in [6, 6.07) is 41.6. The van der Waals surface area contributed by atoms with Gasteiger partial charge in [0.05, 0.1) is 11.1 Å². The first-order chi connectivity index (χ1) is 42.5. The fraction of sp³-hybridized carbons (Fsp3) is 0.0882. The number of halogens is 4. The molecule has 0 bridgehead atoms. The molecular weight excluding hydrogens is 1180 g/mol. The summed E-state index contributed by atoms with van der Waals surface area (Å²) >= 11 is 1.63. The summed E-state index contributed by atoms with van der Waals surface area (Å²) in [5.41, 5.74) is -7.22. The Morgan fingerprint density at radius 1 is 0.398 bits per heavy atom. The molecule has 0 N–H and O–H groups in total. The molecule has 13 rings (SSSR count). The lowest BCUT2D eigenvalue weighted by Crippen LogP contribution is -2.52. The van der Waals surface area contributed by atoms with E-state index in [1.165, 1.54) is 24.3 Å². The molecule has 434 valence electrons. The molecule has 14 nitrogen and oxygen atoms in total. The Morgan fingerprint density at radius 3 is 1.01 bits per heavy atom. The zero-order valence-corrected chi connectivity index (χ0v) is 46.8. The first-order valence-electron chi connectivity index (χ1n) is 26.8. The third-order valence-corrected chi connectivity index (χ3v) is 17.2. The number of benzene rings is 7. The number of ether oxygens (including phenoxy) is 6. The van der Waals surface area contributed by atoms with Crippen LogP contribution >= 0.6 is 22.7 Å². The molecule has 88 heavy (non-hydrogen) atoms. The highest BCUT2D eigenvalue weighted by Crippen LogP contribution is 2.58. The van der Waals surface area contributed by atoms with Crippen LogP contribution in [0.1, 0.15) is 75.0 Å². The Balaban J connectivity index is 1.03. The predicted molar refractivity (Wildman–Crippen MR) is 310 cm³/mol. The van der Waals surface area contributed by atoms with Crippen molar-refractivity contribution >= 4 is 93.0 Å². The molecule has 0 fully saturated rings. The summed E-state index contributed by atoms with van der Waals surface area (Å²) < 4.78 is 97.7. The van der Waals surface area contributed by atoms with Gasteiger partial charge >= 0.3 is 35.1 Å². The van der Waals surface area contributed by atoms with Gasteiger partial charge in [0.1, 0.15) is 61.2 Å². The maximum Gasteiger partial charge on any atom is 0.367 e. The van der Waals surface area contributed by atoms with Crippen molar-refractivity contribution in [3.63, 3.8) is 0 Å². The van der Waals surface area contributed by atoms with E-state index < -0.39 is 130 Å². The summed E-state index contributed by atoms with van der Waals surface area (Å²) in [5, 5.41) is 0. The second-order valence-electron chi connectivity index (χ2n) is 20.5. The molecule has 0 amide bonds. The second kappa shape index (κ2) is 22.3. The molecule has 0 saturated carbocycles. The van der Waals surface area contributed by atoms with Gasteiger partial charge in [-0.15, -0.1) is 22.7 Å². The number of Topliss-reactive ketones (excluding diaryl/α,β-unsaturated/α-hetero) is 4. The average molecular weight is 1220 g/mol. The van der Waals surface area contributed by atoms with Crippen molar-refractivity contribution in [1.29, 1.82) is 0 Å². The Bertz CT molecular complexity index is 4150. The molecule has 0 radical (unpaired) electrons. The summed E-state index contributed by atoms with van der Waals surface area (Å²) in [5.74, 6) is -15.4. The zero-order valence-electron chi connectivity index (χ0n) is 45.2. The summed E-state index contributed by atoms with van der Waals surface area (Å²) in [6.45, 7) is -1.61. The minimum Gasteiger partial charge on any atom is -0.459 e. The molecule has 2 aromatic heterocycles. The van der Waals surface area contributed by atoms with Crippen molar-refractivity contribution in [2.45, 2.75) is 37.6 Å². The summed E-state index contributed by atoms with van der Waals surface area (Å²) in [4.78, 5) is 115. The molecule has 9 aromatic rings. The van der Waals surface area contributed by atoms with Crippen molar-refractivity contribution in [1.82, 2.24) is 0 Å². The van der Waals surface area contributed by atoms with E-state index in [1.807, 2.05) is 0 Å². The highest BCUT2D eigenvalue weighted by atomic mass is 32.1. The number of rotatable bonds is 14. The number of thiophene rings is 2. The molecule has 2 aliphatic heterocycles. The standard InChI is InChI=1S/C68H38F4O14S2/c69-39-21-43-45(57(73)59(75)55(43)51(71)23-39)25-41-27-49-61(87-41)47-30-54-48(29-53(47)85-67(49,63(77)81-31-35-13-5-1-6-14-35)64(78)82-32-36-15-7-2-8-16-36)62-50(28-42(88-62)26-46-44-22-40(70)24-52(72)56(44)60(76)58(46)74)68(86-54,65(79)83-33-37-17-9-3-10-18-37)66(80)84-34-38-19-11-4-12-20-38/h1-30H,31-34H2/b45-25-,46-26-. The highest BCUT2D eigenvalue weighted by molar-refractivity contribution is 7.17. The van der Waals surface area contributed by atoms with Crippen molar-refractivity contribution in [3.05, 3.63) is 259 Å². The largest absolute Gasteiger partial charge is 0.459 e. The lowest BCUT2D eigenvalue weighted by atomic mass is 9.85. The Kier molecular flexibility index (Phi) is 14.3. The van der Waals surface area contributed by atoms with Gasteiger partial charge in [-0.3, -0.25) is 19.2 Å². The van der Waals surface area contributed by atoms with Crippen molar-refractivity contribution in [2.75, 3.05) is 0 Å². The number of hydrogen-bond donors (Lipinski definition) is 0. The number of carbonyl (C=O) groups is 8. The monoisotopic (exact) mass is 1220 g/mol. The quantitative estimate of drug-likeness (QED) is 0.0249. The fourth-order valence-electron chi connectivity index (χ4n) is 10.8. The van der Waals surface area contributed by atoms with Crippen LogP contribution in [0.3, 0.4) is 0 Å². The van der Waals surface area contributed by atoms with Crippen LogP contribution in [-0.4, -0.2) is 47.0 Å². The number of carbonyl (C=O) groups excluding carboxylic acids is 8. The van der Waals surface area contributed by atoms with Gasteiger partial charge in [-0.25, -0.2) is 36.7 Å². The third kappa shape index (κ3) is 9.67. The Morgan fingerprint density at radius 2 is 0.705 bits per heavy atom. The van der Waals surface area contributed by atoms with Crippen LogP contribution in [-0.2, 0) is 85.3 Å². The SMILES string of the molecule is O=C1C(=O)c2c(F)cc(F)cc2/C1=C/c1cc2c(s1)-c1cc3c(cc1OC2(C(=O)OCc1ccccc1)C(=O)OCc1ccccc1)-c1sc(/C=C2\C(=O)C(=O)c4c(F)cc(F)cc42)cc1C(C(=O)OCc1ccccc1)(C(=O)OCc1ccccc1)O3. The minimum atomic E-state index is -2.90. The number of esters is 4. The van der Waals surface area contributed by atoms with Crippen LogP contribution in [0.25, 0.3) is 44.2 Å². The first kappa shape index (κ1) is 56.4. The summed E-state index contributed by atoms with van der Waals surface area (Å²) in [6.07, 6.45) is 2.32. The van der Waals surface area contributed by atoms with E-state index in [-0.39, 0.29) is 64.4 Å². The van der Waals surface area contributed by atoms with E-state index in [9.17, 15) is 28.0 Å². The topological polar surface area (TPSA) is 192 Å². The molecule has 0 unspecified atom stereocenters. The second-order valence-corrected chi connectivity index (χ2v) is 22.7. The normalized spacial score (nSPS) is 15.5. The van der Waals surface area contributed by atoms with Gasteiger partial charge in [-0.1, -0.05) is 121 Å². The highest BCUT2D eigenvalue weighted by Gasteiger charge is 2.61. The van der Waals surface area contributed by atoms with E-state index in [0.717, 1.165) is 47.0 Å². The molecule has 20 heteroatoms. The van der Waals surface area contributed by atoms with E-state index >= 15 is 28.0 Å². The number of hydrogen-bond acceptors (Lipinski definition) is 16. The van der Waals surface area contributed by atoms with Crippen LogP contribution in [0.15, 0.2) is 170 Å². The van der Waals surface area contributed by atoms with Gasteiger partial charge < -0.3 is 28.4 Å². The molecule has 2 aliphatic carbocycles. The molecule has 7 aromatic carbocycles. The Hall–Kier alpha value is -10.7. The maximum absolute atomic E-state index is 15.3. The molecule has 0 atom stereocenters. The van der Waals surface area contributed by atoms with E-state index in [2.05, 4.69) is 0 Å². The van der Waals surface area contributed by atoms with Crippen LogP contribution in [0.5, 0.6) is 11.5 Å². The number of fused-ring (bicyclic) bond motifs is 8. The molecule has 4 aliphatic rings. The predicted octanol–water partition coefficient (Wildman–Crippen LogP) is 12.5. The van der Waals surface area contributed by atoms with E-state index in [1.54, 1.807) is 121 Å². The minimum absolute atomic E-state index is 0.0133. The van der Waals surface area contributed by atoms with Crippen molar-refractivity contribution in [2.24, 2.45) is 0 Å². The van der Waals surface area contributed by atoms with Gasteiger partial charge in [0.25, 0.3) is 0 Å². The van der Waals surface area contributed by atoms with Crippen molar-refractivity contribution < 1.29 is 84.3 Å². The lowest BCUT2D eigenvalue weighted by Gasteiger charge is -2.37. The van der Waals surface area contributed by atoms with Gasteiger partial charge in [-0.05, 0) is 70.8 Å². The van der Waals surface area contributed by atoms with Gasteiger partial charge in [0.2, 0.25) is 23.1 Å². The Labute approximate surface area is 503 Å². The van der Waals surface area contributed by atoms with Crippen LogP contribution in [0.2, 0.25) is 0 Å². The van der Waals surface area contributed by atoms with Gasteiger partial charge in [-0.2, -0.15) is 0 Å². The number of ketones is 4. The molecule has 0 saturated heterocycles. The average Bonchev–Trinajstić information content (AvgIpc) is 1.37. The molecule has 4 heterocycles. The lowest BCUT2D eigenvalue weighted by molar-refractivity contribution is -0.185. The van der Waals surface area contributed by atoms with Crippen LogP contribution in [0.4, 0.5) is 17.6 Å². The molecule has 0 spiro atoms. The third-order valence-electron chi connectivity index (χ3n) is 15.0. The maximum atomic E-state index is 15.3. The molecular formula is C68H38F4O14S2. The van der Waals surface area contributed by atoms with E-state index in [0.29, 0.717) is 34.4 Å². The van der Waals surface area contributed by atoms with Crippen molar-refractivity contribution in [3.8, 4) is 32.4 Å². The van der Waals surface area contributed by atoms with Gasteiger partial charge in [0.15, 0.2) is 0 Å². The summed E-state index contributed by atoms with van der Waals surface area (Å²) in [7, 11) is 0. The first-order valence-corrected chi connectivity index (χ1v) is 28.5. The fourth-order valence-corrected chi connectivity index (χ4v) is 13.1. The zero-order chi connectivity index (χ0) is 61.2.